The molecular formula is C16H29IN6S. The Kier molecular flexibility index (Phi) is 7.21. The van der Waals surface area contributed by atoms with Crippen LogP contribution in [-0.4, -0.2) is 51.4 Å². The SMILES string of the molecule is CN=C(NCC1CCc2nnc(C)n2C1)NCC1(C)CCCS1.I. The quantitative estimate of drug-likeness (QED) is 0.407. The summed E-state index contributed by atoms with van der Waals surface area (Å²) in [6, 6.07) is 0. The van der Waals surface area contributed by atoms with Gasteiger partial charge in [-0.15, -0.1) is 34.2 Å². The number of fused-ring (bicyclic) bond motifs is 1. The molecule has 6 nitrogen and oxygen atoms in total. The van der Waals surface area contributed by atoms with Crippen molar-refractivity contribution < 1.29 is 0 Å². The van der Waals surface area contributed by atoms with Crippen molar-refractivity contribution in [2.75, 3.05) is 25.9 Å². The molecule has 1 aromatic rings. The summed E-state index contributed by atoms with van der Waals surface area (Å²) in [5, 5.41) is 15.4. The fraction of sp³-hybridized carbons (Fsp3) is 0.812. The highest BCUT2D eigenvalue weighted by Gasteiger charge is 2.29. The van der Waals surface area contributed by atoms with E-state index in [0.29, 0.717) is 10.7 Å². The topological polar surface area (TPSA) is 67.1 Å². The lowest BCUT2D eigenvalue weighted by atomic mass is 9.99. The first-order valence-electron chi connectivity index (χ1n) is 8.57. The van der Waals surface area contributed by atoms with Gasteiger partial charge in [-0.1, -0.05) is 0 Å². The summed E-state index contributed by atoms with van der Waals surface area (Å²) in [6.07, 6.45) is 4.81. The van der Waals surface area contributed by atoms with E-state index in [0.717, 1.165) is 50.1 Å². The molecule has 3 rings (SSSR count). The molecule has 0 radical (unpaired) electrons. The van der Waals surface area contributed by atoms with E-state index in [1.807, 2.05) is 14.0 Å². The van der Waals surface area contributed by atoms with Gasteiger partial charge >= 0.3 is 0 Å². The van der Waals surface area contributed by atoms with Crippen LogP contribution in [-0.2, 0) is 13.0 Å². The number of rotatable bonds is 4. The van der Waals surface area contributed by atoms with Crippen molar-refractivity contribution in [2.24, 2.45) is 10.9 Å². The molecule has 0 aromatic carbocycles. The van der Waals surface area contributed by atoms with E-state index in [1.165, 1.54) is 18.6 Å². The minimum absolute atomic E-state index is 0. The molecule has 0 aliphatic carbocycles. The van der Waals surface area contributed by atoms with Crippen LogP contribution in [0.25, 0.3) is 0 Å². The molecule has 2 N–H and O–H groups in total. The van der Waals surface area contributed by atoms with E-state index in [1.54, 1.807) is 0 Å². The minimum Gasteiger partial charge on any atom is -0.356 e. The lowest BCUT2D eigenvalue weighted by Gasteiger charge is -2.27. The standard InChI is InChI=1S/C16H28N6S.HI/c1-12-20-21-14-6-5-13(10-22(12)14)9-18-15(17-3)19-11-16(2)7-4-8-23-16;/h13H,4-11H2,1-3H3,(H2,17,18,19);1H. The van der Waals surface area contributed by atoms with Crippen molar-refractivity contribution in [2.45, 2.75) is 50.8 Å². The molecule has 2 unspecified atom stereocenters. The largest absolute Gasteiger partial charge is 0.356 e. The van der Waals surface area contributed by atoms with Crippen molar-refractivity contribution in [3.63, 3.8) is 0 Å². The van der Waals surface area contributed by atoms with Crippen molar-refractivity contribution >= 4 is 41.7 Å². The molecular weight excluding hydrogens is 435 g/mol. The van der Waals surface area contributed by atoms with E-state index < -0.39 is 0 Å². The monoisotopic (exact) mass is 464 g/mol. The van der Waals surface area contributed by atoms with Crippen molar-refractivity contribution in [3.05, 3.63) is 11.6 Å². The van der Waals surface area contributed by atoms with Gasteiger partial charge in [0.25, 0.3) is 0 Å². The Morgan fingerprint density at radius 3 is 2.96 bits per heavy atom. The van der Waals surface area contributed by atoms with Crippen LogP contribution >= 0.6 is 35.7 Å². The normalized spacial score (nSPS) is 26.6. The highest BCUT2D eigenvalue weighted by atomic mass is 127. The first-order chi connectivity index (χ1) is 11.1. The van der Waals surface area contributed by atoms with Crippen LogP contribution in [0.2, 0.25) is 0 Å². The first-order valence-corrected chi connectivity index (χ1v) is 9.55. The van der Waals surface area contributed by atoms with Gasteiger partial charge in [0, 0.05) is 37.8 Å². The van der Waals surface area contributed by atoms with Crippen LogP contribution < -0.4 is 10.6 Å². The summed E-state index contributed by atoms with van der Waals surface area (Å²) in [7, 11) is 1.85. The van der Waals surface area contributed by atoms with Crippen LogP contribution in [0.4, 0.5) is 0 Å². The maximum Gasteiger partial charge on any atom is 0.191 e. The Hall–Kier alpha value is -0.510. The third-order valence-electron chi connectivity index (χ3n) is 4.94. The summed E-state index contributed by atoms with van der Waals surface area (Å²) < 4.78 is 2.61. The molecule has 8 heteroatoms. The number of hydrogen-bond donors (Lipinski definition) is 2. The van der Waals surface area contributed by atoms with Gasteiger partial charge in [-0.25, -0.2) is 0 Å². The van der Waals surface area contributed by atoms with E-state index in [4.69, 9.17) is 0 Å². The second-order valence-electron chi connectivity index (χ2n) is 6.89. The van der Waals surface area contributed by atoms with Crippen LogP contribution in [0.1, 0.15) is 37.8 Å². The number of halogens is 1. The highest BCUT2D eigenvalue weighted by Crippen LogP contribution is 2.36. The zero-order valence-electron chi connectivity index (χ0n) is 14.8. The van der Waals surface area contributed by atoms with Gasteiger partial charge in [0.2, 0.25) is 0 Å². The summed E-state index contributed by atoms with van der Waals surface area (Å²) in [6.45, 7) is 7.32. The maximum absolute atomic E-state index is 4.37. The van der Waals surface area contributed by atoms with Gasteiger partial charge in [0.1, 0.15) is 11.6 Å². The second kappa shape index (κ2) is 8.73. The fourth-order valence-electron chi connectivity index (χ4n) is 3.41. The minimum atomic E-state index is 0. The maximum atomic E-state index is 4.37. The second-order valence-corrected chi connectivity index (χ2v) is 8.57. The molecule has 0 saturated carbocycles. The van der Waals surface area contributed by atoms with Gasteiger partial charge in [-0.05, 0) is 44.8 Å². The first kappa shape index (κ1) is 19.8. The van der Waals surface area contributed by atoms with Gasteiger partial charge in [-0.2, -0.15) is 11.8 Å². The average molecular weight is 464 g/mol. The van der Waals surface area contributed by atoms with Crippen LogP contribution in [0.15, 0.2) is 4.99 Å². The molecule has 1 fully saturated rings. The van der Waals surface area contributed by atoms with Crippen LogP contribution in [0.5, 0.6) is 0 Å². The number of thioether (sulfide) groups is 1. The van der Waals surface area contributed by atoms with E-state index >= 15 is 0 Å². The summed E-state index contributed by atoms with van der Waals surface area (Å²) in [5.41, 5.74) is 0. The molecule has 1 saturated heterocycles. The van der Waals surface area contributed by atoms with Crippen LogP contribution in [0.3, 0.4) is 0 Å². The number of nitrogens with zero attached hydrogens (tertiary/aromatic N) is 4. The Morgan fingerprint density at radius 1 is 1.42 bits per heavy atom. The van der Waals surface area contributed by atoms with E-state index in [2.05, 4.69) is 49.1 Å². The molecule has 2 atom stereocenters. The number of aliphatic imine (C=N–C) groups is 1. The average Bonchev–Trinajstić information content (AvgIpc) is 3.15. The summed E-state index contributed by atoms with van der Waals surface area (Å²) in [5.74, 6) is 4.97. The van der Waals surface area contributed by atoms with E-state index in [-0.39, 0.29) is 24.0 Å². The molecule has 0 spiro atoms. The molecule has 2 aliphatic rings. The highest BCUT2D eigenvalue weighted by molar-refractivity contribution is 14.0. The number of nitrogens with one attached hydrogen (secondary N) is 2. The van der Waals surface area contributed by atoms with Gasteiger partial charge < -0.3 is 15.2 Å². The molecule has 24 heavy (non-hydrogen) atoms. The van der Waals surface area contributed by atoms with Crippen molar-refractivity contribution in [1.29, 1.82) is 0 Å². The van der Waals surface area contributed by atoms with Crippen molar-refractivity contribution in [3.8, 4) is 0 Å². The Labute approximate surface area is 166 Å². The zero-order chi connectivity index (χ0) is 16.3. The molecule has 1 aromatic heterocycles. The lowest BCUT2D eigenvalue weighted by molar-refractivity contribution is 0.358. The predicted molar refractivity (Wildman–Crippen MR) is 111 cm³/mol. The number of aromatic nitrogens is 3. The van der Waals surface area contributed by atoms with Gasteiger partial charge in [0.05, 0.1) is 0 Å². The number of hydrogen-bond acceptors (Lipinski definition) is 4. The fourth-order valence-corrected chi connectivity index (χ4v) is 4.65. The number of aryl methyl sites for hydroxylation is 2. The summed E-state index contributed by atoms with van der Waals surface area (Å²) in [4.78, 5) is 4.37. The van der Waals surface area contributed by atoms with Gasteiger partial charge in [0.15, 0.2) is 5.96 Å². The molecule has 136 valence electrons. The number of guanidine groups is 1. The Balaban J connectivity index is 0.00000208. The van der Waals surface area contributed by atoms with Crippen LogP contribution in [0, 0.1) is 12.8 Å². The Morgan fingerprint density at radius 2 is 2.25 bits per heavy atom. The molecule has 0 bridgehead atoms. The Bertz CT molecular complexity index is 567. The third kappa shape index (κ3) is 4.77. The van der Waals surface area contributed by atoms with E-state index in [9.17, 15) is 0 Å². The lowest BCUT2D eigenvalue weighted by Crippen LogP contribution is -2.45. The predicted octanol–water partition coefficient (Wildman–Crippen LogP) is 2.22. The molecule has 2 aliphatic heterocycles. The third-order valence-corrected chi connectivity index (χ3v) is 6.48. The van der Waals surface area contributed by atoms with Gasteiger partial charge in [-0.3, -0.25) is 4.99 Å². The summed E-state index contributed by atoms with van der Waals surface area (Å²) >= 11 is 2.08. The zero-order valence-corrected chi connectivity index (χ0v) is 18.0. The van der Waals surface area contributed by atoms with Crippen molar-refractivity contribution in [1.82, 2.24) is 25.4 Å². The molecule has 3 heterocycles. The molecule has 0 amide bonds. The smallest absolute Gasteiger partial charge is 0.191 e.